The molecule has 1 aromatic carbocycles. The number of hydrogen-bond acceptors (Lipinski definition) is 3. The second kappa shape index (κ2) is 4.57. The normalized spacial score (nSPS) is 9.81. The first-order valence-corrected chi connectivity index (χ1v) is 4.90. The third kappa shape index (κ3) is 2.08. The van der Waals surface area contributed by atoms with Crippen molar-refractivity contribution in [1.29, 1.82) is 0 Å². The van der Waals surface area contributed by atoms with Gasteiger partial charge in [0.1, 0.15) is 5.75 Å². The van der Waals surface area contributed by atoms with Crippen LogP contribution in [0.2, 0.25) is 0 Å². The van der Waals surface area contributed by atoms with Crippen molar-refractivity contribution in [2.24, 2.45) is 0 Å². The molecule has 3 nitrogen and oxygen atoms in total. The van der Waals surface area contributed by atoms with E-state index in [9.17, 15) is 4.79 Å². The summed E-state index contributed by atoms with van der Waals surface area (Å²) in [5, 5.41) is 0. The molecule has 0 aliphatic rings. The van der Waals surface area contributed by atoms with Crippen LogP contribution in [0.15, 0.2) is 48.8 Å². The van der Waals surface area contributed by atoms with Crippen LogP contribution < -0.4 is 4.74 Å². The minimum absolute atomic E-state index is 0.0266. The lowest BCUT2D eigenvalue weighted by atomic mass is 10.0. The van der Waals surface area contributed by atoms with Gasteiger partial charge in [0.2, 0.25) is 0 Å². The van der Waals surface area contributed by atoms with Crippen LogP contribution in [0.25, 0.3) is 0 Å². The molecule has 0 amide bonds. The first kappa shape index (κ1) is 10.4. The lowest BCUT2D eigenvalue weighted by molar-refractivity contribution is 0.103. The maximum Gasteiger partial charge on any atom is 0.193 e. The molecule has 0 saturated carbocycles. The van der Waals surface area contributed by atoms with E-state index in [1.807, 2.05) is 6.07 Å². The van der Waals surface area contributed by atoms with E-state index in [-0.39, 0.29) is 5.78 Å². The van der Waals surface area contributed by atoms with Crippen molar-refractivity contribution >= 4 is 5.78 Å². The number of aromatic nitrogens is 1. The summed E-state index contributed by atoms with van der Waals surface area (Å²) in [6, 6.07) is 10.5. The highest BCUT2D eigenvalue weighted by Crippen LogP contribution is 2.15. The molecule has 0 unspecified atom stereocenters. The molecular formula is C13H11NO2. The lowest BCUT2D eigenvalue weighted by Crippen LogP contribution is -2.01. The maximum absolute atomic E-state index is 12.0. The van der Waals surface area contributed by atoms with Gasteiger partial charge in [0.15, 0.2) is 5.78 Å². The van der Waals surface area contributed by atoms with E-state index in [1.54, 1.807) is 49.8 Å². The van der Waals surface area contributed by atoms with E-state index >= 15 is 0 Å². The average molecular weight is 213 g/mol. The van der Waals surface area contributed by atoms with Crippen LogP contribution in [0.3, 0.4) is 0 Å². The van der Waals surface area contributed by atoms with E-state index < -0.39 is 0 Å². The Morgan fingerprint density at radius 3 is 2.56 bits per heavy atom. The van der Waals surface area contributed by atoms with E-state index in [1.165, 1.54) is 0 Å². The van der Waals surface area contributed by atoms with Gasteiger partial charge in [0.05, 0.1) is 7.11 Å². The summed E-state index contributed by atoms with van der Waals surface area (Å²) in [6.07, 6.45) is 3.21. The van der Waals surface area contributed by atoms with E-state index in [2.05, 4.69) is 4.98 Å². The number of nitrogens with zero attached hydrogens (tertiary/aromatic N) is 1. The first-order valence-electron chi connectivity index (χ1n) is 4.90. The van der Waals surface area contributed by atoms with Crippen LogP contribution in [-0.2, 0) is 0 Å². The van der Waals surface area contributed by atoms with Crippen LogP contribution in [0.4, 0.5) is 0 Å². The summed E-state index contributed by atoms with van der Waals surface area (Å²) in [7, 11) is 1.58. The summed E-state index contributed by atoms with van der Waals surface area (Å²) in [6.45, 7) is 0. The Morgan fingerprint density at radius 2 is 1.88 bits per heavy atom. The summed E-state index contributed by atoms with van der Waals surface area (Å²) in [5.74, 6) is 0.654. The number of hydrogen-bond donors (Lipinski definition) is 0. The molecule has 0 fully saturated rings. The Hall–Kier alpha value is -2.16. The molecule has 0 N–H and O–H groups in total. The number of ether oxygens (including phenoxy) is 1. The van der Waals surface area contributed by atoms with Crippen molar-refractivity contribution in [1.82, 2.24) is 4.98 Å². The monoisotopic (exact) mass is 213 g/mol. The van der Waals surface area contributed by atoms with Crippen LogP contribution in [-0.4, -0.2) is 17.9 Å². The smallest absolute Gasteiger partial charge is 0.193 e. The second-order valence-corrected chi connectivity index (χ2v) is 3.30. The molecule has 2 rings (SSSR count). The largest absolute Gasteiger partial charge is 0.497 e. The fraction of sp³-hybridized carbons (Fsp3) is 0.0769. The number of rotatable bonds is 3. The average Bonchev–Trinajstić information content (AvgIpc) is 2.39. The highest BCUT2D eigenvalue weighted by atomic mass is 16.5. The molecule has 1 heterocycles. The van der Waals surface area contributed by atoms with Gasteiger partial charge in [-0.3, -0.25) is 9.78 Å². The third-order valence-electron chi connectivity index (χ3n) is 2.27. The predicted octanol–water partition coefficient (Wildman–Crippen LogP) is 2.32. The summed E-state index contributed by atoms with van der Waals surface area (Å²) >= 11 is 0. The standard InChI is InChI=1S/C13H11NO2/c1-16-12-4-2-3-11(9-12)13(15)10-5-7-14-8-6-10/h2-9H,1H3. The van der Waals surface area contributed by atoms with Gasteiger partial charge in [-0.05, 0) is 24.3 Å². The molecule has 0 spiro atoms. The maximum atomic E-state index is 12.0. The molecule has 0 saturated heterocycles. The minimum atomic E-state index is -0.0266. The van der Waals surface area contributed by atoms with Gasteiger partial charge in [-0.25, -0.2) is 0 Å². The summed E-state index contributed by atoms with van der Waals surface area (Å²) in [5.41, 5.74) is 1.24. The number of carbonyl (C=O) groups is 1. The molecule has 80 valence electrons. The second-order valence-electron chi connectivity index (χ2n) is 3.30. The van der Waals surface area contributed by atoms with Gasteiger partial charge in [-0.1, -0.05) is 12.1 Å². The van der Waals surface area contributed by atoms with Crippen LogP contribution in [0.1, 0.15) is 15.9 Å². The first-order chi connectivity index (χ1) is 7.81. The zero-order valence-electron chi connectivity index (χ0n) is 8.88. The van der Waals surface area contributed by atoms with Crippen molar-refractivity contribution in [3.8, 4) is 5.75 Å². The highest BCUT2D eigenvalue weighted by molar-refractivity contribution is 6.09. The fourth-order valence-electron chi connectivity index (χ4n) is 1.43. The van der Waals surface area contributed by atoms with Crippen molar-refractivity contribution in [3.63, 3.8) is 0 Å². The third-order valence-corrected chi connectivity index (χ3v) is 2.27. The number of methoxy groups -OCH3 is 1. The number of pyridine rings is 1. The van der Waals surface area contributed by atoms with Crippen molar-refractivity contribution in [2.75, 3.05) is 7.11 Å². The van der Waals surface area contributed by atoms with E-state index in [0.29, 0.717) is 16.9 Å². The summed E-state index contributed by atoms with van der Waals surface area (Å²) < 4.78 is 5.08. The molecule has 0 aliphatic carbocycles. The van der Waals surface area contributed by atoms with Gasteiger partial charge in [0.25, 0.3) is 0 Å². The van der Waals surface area contributed by atoms with Crippen molar-refractivity contribution in [3.05, 3.63) is 59.9 Å². The molecule has 1 aromatic heterocycles. The number of carbonyl (C=O) groups excluding carboxylic acids is 1. The number of ketones is 1. The van der Waals surface area contributed by atoms with E-state index in [0.717, 1.165) is 0 Å². The Bertz CT molecular complexity index is 494. The molecule has 0 radical (unpaired) electrons. The predicted molar refractivity (Wildman–Crippen MR) is 60.7 cm³/mol. The van der Waals surface area contributed by atoms with Crippen LogP contribution in [0.5, 0.6) is 5.75 Å². The molecule has 0 bridgehead atoms. The Morgan fingerprint density at radius 1 is 1.12 bits per heavy atom. The van der Waals surface area contributed by atoms with E-state index in [4.69, 9.17) is 4.74 Å². The minimum Gasteiger partial charge on any atom is -0.497 e. The molecule has 3 heteroatoms. The Labute approximate surface area is 93.7 Å². The Kier molecular flexibility index (Phi) is 2.96. The van der Waals surface area contributed by atoms with Crippen molar-refractivity contribution in [2.45, 2.75) is 0 Å². The van der Waals surface area contributed by atoms with Gasteiger partial charge < -0.3 is 4.74 Å². The topological polar surface area (TPSA) is 39.2 Å². The van der Waals surface area contributed by atoms with Crippen LogP contribution >= 0.6 is 0 Å². The quantitative estimate of drug-likeness (QED) is 0.734. The van der Waals surface area contributed by atoms with Crippen molar-refractivity contribution < 1.29 is 9.53 Å². The number of benzene rings is 1. The molecule has 0 aliphatic heterocycles. The van der Waals surface area contributed by atoms with Gasteiger partial charge in [0, 0.05) is 23.5 Å². The molecular weight excluding hydrogens is 202 g/mol. The zero-order valence-corrected chi connectivity index (χ0v) is 8.88. The molecule has 0 atom stereocenters. The Balaban J connectivity index is 2.34. The highest BCUT2D eigenvalue weighted by Gasteiger charge is 2.08. The van der Waals surface area contributed by atoms with Gasteiger partial charge in [-0.2, -0.15) is 0 Å². The fourth-order valence-corrected chi connectivity index (χ4v) is 1.43. The SMILES string of the molecule is COc1cccc(C(=O)c2ccncc2)c1. The lowest BCUT2D eigenvalue weighted by Gasteiger charge is -2.03. The molecule has 16 heavy (non-hydrogen) atoms. The summed E-state index contributed by atoms with van der Waals surface area (Å²) in [4.78, 5) is 15.9. The molecule has 2 aromatic rings. The van der Waals surface area contributed by atoms with Gasteiger partial charge in [-0.15, -0.1) is 0 Å². The van der Waals surface area contributed by atoms with Crippen LogP contribution in [0, 0.1) is 0 Å². The zero-order chi connectivity index (χ0) is 11.4. The van der Waals surface area contributed by atoms with Gasteiger partial charge >= 0.3 is 0 Å².